The first-order valence-corrected chi connectivity index (χ1v) is 8.45. The Kier molecular flexibility index (Phi) is 5.78. The van der Waals surface area contributed by atoms with Crippen molar-refractivity contribution < 1.29 is 0 Å². The quantitative estimate of drug-likeness (QED) is 0.687. The predicted molar refractivity (Wildman–Crippen MR) is 92.0 cm³/mol. The fraction of sp³-hybridized carbons (Fsp3) is 0.400. The van der Waals surface area contributed by atoms with E-state index >= 15 is 0 Å². The molecule has 0 aliphatic carbocycles. The topological polar surface area (TPSA) is 49.6 Å². The second-order valence-corrected chi connectivity index (χ2v) is 6.19. The largest absolute Gasteiger partial charge is 0.268 e. The first-order chi connectivity index (χ1) is 10.2. The summed E-state index contributed by atoms with van der Waals surface area (Å²) in [4.78, 5) is 10.6. The summed E-state index contributed by atoms with van der Waals surface area (Å²) in [5.74, 6) is 2.36. The summed E-state index contributed by atoms with van der Waals surface area (Å²) in [5, 5.41) is 9.33. The lowest BCUT2D eigenvalue weighted by Gasteiger charge is -2.15. The molecule has 21 heavy (non-hydrogen) atoms. The number of nitriles is 1. The molecule has 0 spiro atoms. The van der Waals surface area contributed by atoms with Crippen molar-refractivity contribution in [3.63, 3.8) is 0 Å². The van der Waals surface area contributed by atoms with Gasteiger partial charge >= 0.3 is 0 Å². The molecule has 3 nitrogen and oxygen atoms in total. The lowest BCUT2D eigenvalue weighted by molar-refractivity contribution is 0.922. The number of allylic oxidation sites excluding steroid dienone is 1. The Bertz CT molecular complexity index is 680. The molecule has 0 bridgehead atoms. The minimum atomic E-state index is 0.238. The summed E-state index contributed by atoms with van der Waals surface area (Å²) in [5.41, 5.74) is 2.32. The molecule has 6 heteroatoms. The van der Waals surface area contributed by atoms with E-state index in [0.29, 0.717) is 5.15 Å². The smallest absolute Gasteiger partial charge is 0.250 e. The third kappa shape index (κ3) is 4.06. The highest BCUT2D eigenvalue weighted by atomic mass is 35.5. The minimum Gasteiger partial charge on any atom is -0.250 e. The van der Waals surface area contributed by atoms with Gasteiger partial charge in [0.05, 0.1) is 6.20 Å². The van der Waals surface area contributed by atoms with Crippen LogP contribution in [0, 0.1) is 11.2 Å². The van der Waals surface area contributed by atoms with E-state index in [1.807, 2.05) is 19.9 Å². The molecule has 1 aliphatic heterocycles. The van der Waals surface area contributed by atoms with Gasteiger partial charge in [0.15, 0.2) is 0 Å². The lowest BCUT2D eigenvalue weighted by Crippen LogP contribution is -2.14. The maximum absolute atomic E-state index is 8.89. The normalized spacial score (nSPS) is 14.4. The number of hydrogen-bond donors (Lipinski definition) is 0. The summed E-state index contributed by atoms with van der Waals surface area (Å²) in [6.45, 7) is 4.24. The maximum Gasteiger partial charge on any atom is 0.268 e. The van der Waals surface area contributed by atoms with Gasteiger partial charge in [0.2, 0.25) is 0 Å². The third-order valence-corrected chi connectivity index (χ3v) is 4.54. The molecule has 0 radical (unpaired) electrons. The number of fused-ring (bicyclic) bond motifs is 1. The first-order valence-electron chi connectivity index (χ1n) is 7.26. The van der Waals surface area contributed by atoms with E-state index in [1.165, 1.54) is 10.5 Å². The van der Waals surface area contributed by atoms with E-state index < -0.39 is 0 Å². The van der Waals surface area contributed by atoms with Crippen LogP contribution >= 0.6 is 22.9 Å². The summed E-state index contributed by atoms with van der Waals surface area (Å²) in [6, 6.07) is 2.05. The molecule has 108 valence electrons. The molecule has 0 aromatic carbocycles. The molecule has 0 saturated carbocycles. The van der Waals surface area contributed by atoms with Crippen molar-refractivity contribution in [2.45, 2.75) is 39.3 Å². The second-order valence-electron chi connectivity index (χ2n) is 4.74. The van der Waals surface area contributed by atoms with Crippen LogP contribution in [0.25, 0.3) is 16.4 Å². The average Bonchev–Trinajstić information content (AvgIpc) is 2.91. The van der Waals surface area contributed by atoms with Crippen molar-refractivity contribution in [1.82, 2.24) is 9.97 Å². The zero-order chi connectivity index (χ0) is 15.2. The average molecular weight is 318 g/mol. The summed E-state index contributed by atoms with van der Waals surface area (Å²) in [6.07, 6.45) is 7.80. The lowest BCUT2D eigenvalue weighted by atomic mass is 9.42. The van der Waals surface area contributed by atoms with Gasteiger partial charge in [0, 0.05) is 10.8 Å². The van der Waals surface area contributed by atoms with Crippen LogP contribution in [0.1, 0.15) is 31.6 Å². The number of nitrogens with zero attached hydrogens (tertiary/aromatic N) is 3. The van der Waals surface area contributed by atoms with Gasteiger partial charge in [-0.1, -0.05) is 43.7 Å². The van der Waals surface area contributed by atoms with Gasteiger partial charge in [0.1, 0.15) is 15.5 Å². The SMILES string of the molecule is CC.N#CB1CCC(=Cc2cc3ncc(Cl)nc3s2)CC1. The van der Waals surface area contributed by atoms with Gasteiger partial charge in [-0.25, -0.2) is 10.2 Å². The summed E-state index contributed by atoms with van der Waals surface area (Å²) < 4.78 is 0. The van der Waals surface area contributed by atoms with Gasteiger partial charge in [-0.2, -0.15) is 0 Å². The Balaban J connectivity index is 0.000000774. The molecule has 1 fully saturated rings. The van der Waals surface area contributed by atoms with Gasteiger partial charge in [-0.05, 0) is 25.0 Å². The van der Waals surface area contributed by atoms with E-state index in [2.05, 4.69) is 22.0 Å². The molecule has 1 aliphatic rings. The van der Waals surface area contributed by atoms with Crippen LogP contribution in [-0.2, 0) is 0 Å². The molecule has 3 rings (SSSR count). The second kappa shape index (κ2) is 7.58. The fourth-order valence-corrected chi connectivity index (χ4v) is 3.51. The Morgan fingerprint density at radius 3 is 2.76 bits per heavy atom. The highest BCUT2D eigenvalue weighted by molar-refractivity contribution is 7.19. The minimum absolute atomic E-state index is 0.238. The standard InChI is InChI=1S/C13H11BClN3S.C2H6/c15-12-7-17-11-6-10(19-13(11)18-12)5-9-1-3-14(8-16)4-2-9;1-2/h5-7H,1-4H2;1-2H3. The number of aromatic nitrogens is 2. The molecule has 2 aromatic rings. The van der Waals surface area contributed by atoms with E-state index in [-0.39, 0.29) is 6.71 Å². The number of halogens is 1. The molecule has 0 unspecified atom stereocenters. The number of rotatable bonds is 1. The van der Waals surface area contributed by atoms with Gasteiger partial charge < -0.3 is 0 Å². The van der Waals surface area contributed by atoms with Crippen LogP contribution in [0.4, 0.5) is 0 Å². The highest BCUT2D eigenvalue weighted by Gasteiger charge is 2.20. The van der Waals surface area contributed by atoms with Crippen molar-refractivity contribution in [2.75, 3.05) is 0 Å². The fourth-order valence-electron chi connectivity index (χ4n) is 2.35. The molecule has 0 amide bonds. The van der Waals surface area contributed by atoms with E-state index in [4.69, 9.17) is 16.9 Å². The molecule has 2 aromatic heterocycles. The van der Waals surface area contributed by atoms with Crippen LogP contribution < -0.4 is 0 Å². The third-order valence-electron chi connectivity index (χ3n) is 3.39. The number of hydrogen-bond acceptors (Lipinski definition) is 4. The molecule has 0 N–H and O–H groups in total. The van der Waals surface area contributed by atoms with E-state index in [1.54, 1.807) is 17.5 Å². The van der Waals surface area contributed by atoms with Gasteiger partial charge in [0.25, 0.3) is 6.71 Å². The Labute approximate surface area is 134 Å². The van der Waals surface area contributed by atoms with Crippen molar-refractivity contribution in [1.29, 1.82) is 5.26 Å². The first kappa shape index (κ1) is 16.0. The summed E-state index contributed by atoms with van der Waals surface area (Å²) >= 11 is 7.45. The zero-order valence-corrected chi connectivity index (χ0v) is 13.8. The predicted octanol–water partition coefficient (Wildman–Crippen LogP) is 5.11. The summed E-state index contributed by atoms with van der Waals surface area (Å²) in [7, 11) is 0. The Hall–Kier alpha value is -1.38. The Morgan fingerprint density at radius 1 is 1.38 bits per heavy atom. The molecular weight excluding hydrogens is 301 g/mol. The molecule has 3 heterocycles. The van der Waals surface area contributed by atoms with Crippen LogP contribution in [0.2, 0.25) is 17.8 Å². The number of thiophene rings is 1. The van der Waals surface area contributed by atoms with Crippen LogP contribution in [0.3, 0.4) is 0 Å². The molecule has 1 saturated heterocycles. The van der Waals surface area contributed by atoms with Gasteiger partial charge in [-0.15, -0.1) is 11.3 Å². The van der Waals surface area contributed by atoms with E-state index in [0.717, 1.165) is 35.8 Å². The molecular formula is C15H17BClN3S. The van der Waals surface area contributed by atoms with E-state index in [9.17, 15) is 0 Å². The maximum atomic E-state index is 8.89. The monoisotopic (exact) mass is 317 g/mol. The Morgan fingerprint density at radius 2 is 2.10 bits per heavy atom. The van der Waals surface area contributed by atoms with Crippen LogP contribution in [0.15, 0.2) is 17.8 Å². The van der Waals surface area contributed by atoms with Crippen molar-refractivity contribution >= 4 is 46.1 Å². The van der Waals surface area contributed by atoms with Crippen LogP contribution in [0.5, 0.6) is 0 Å². The van der Waals surface area contributed by atoms with Crippen molar-refractivity contribution in [2.24, 2.45) is 0 Å². The van der Waals surface area contributed by atoms with Crippen molar-refractivity contribution in [3.05, 3.63) is 27.9 Å². The van der Waals surface area contributed by atoms with Gasteiger partial charge in [-0.3, -0.25) is 4.98 Å². The molecule has 0 atom stereocenters. The van der Waals surface area contributed by atoms with Crippen LogP contribution in [-0.4, -0.2) is 16.7 Å². The highest BCUT2D eigenvalue weighted by Crippen LogP contribution is 2.30. The zero-order valence-electron chi connectivity index (χ0n) is 12.3. The van der Waals surface area contributed by atoms with Crippen molar-refractivity contribution in [3.8, 4) is 5.97 Å².